The SMILES string of the molecule is O=C(Nc1nccs1)c1cc([C@@H]2CNCCO2)nc2ccccc12. The first-order valence-corrected chi connectivity index (χ1v) is 8.62. The van der Waals surface area contributed by atoms with E-state index in [1.54, 1.807) is 6.20 Å². The maximum Gasteiger partial charge on any atom is 0.258 e. The molecule has 0 spiro atoms. The van der Waals surface area contributed by atoms with Crippen LogP contribution in [-0.2, 0) is 4.74 Å². The van der Waals surface area contributed by atoms with Gasteiger partial charge in [-0.2, -0.15) is 0 Å². The van der Waals surface area contributed by atoms with Gasteiger partial charge in [0, 0.05) is 30.1 Å². The molecule has 1 aliphatic heterocycles. The van der Waals surface area contributed by atoms with Gasteiger partial charge in [-0.15, -0.1) is 11.3 Å². The van der Waals surface area contributed by atoms with Gasteiger partial charge >= 0.3 is 0 Å². The highest BCUT2D eigenvalue weighted by molar-refractivity contribution is 7.13. The number of morpholine rings is 1. The summed E-state index contributed by atoms with van der Waals surface area (Å²) in [4.78, 5) is 21.5. The molecule has 2 aromatic heterocycles. The zero-order chi connectivity index (χ0) is 16.4. The van der Waals surface area contributed by atoms with Crippen molar-refractivity contribution < 1.29 is 9.53 Å². The Morgan fingerprint density at radius 2 is 2.29 bits per heavy atom. The van der Waals surface area contributed by atoms with Crippen molar-refractivity contribution in [1.29, 1.82) is 0 Å². The van der Waals surface area contributed by atoms with E-state index in [4.69, 9.17) is 4.74 Å². The smallest absolute Gasteiger partial charge is 0.258 e. The Bertz CT molecular complexity index is 860. The number of nitrogens with one attached hydrogen (secondary N) is 2. The van der Waals surface area contributed by atoms with Gasteiger partial charge in [-0.05, 0) is 12.1 Å². The molecular formula is C17H16N4O2S. The van der Waals surface area contributed by atoms with E-state index in [9.17, 15) is 4.79 Å². The molecule has 3 aromatic rings. The van der Waals surface area contributed by atoms with Gasteiger partial charge in [-0.25, -0.2) is 9.97 Å². The van der Waals surface area contributed by atoms with Crippen LogP contribution in [0, 0.1) is 0 Å². The third-order valence-electron chi connectivity index (χ3n) is 3.89. The monoisotopic (exact) mass is 340 g/mol. The number of thiazole rings is 1. The molecule has 1 fully saturated rings. The second-order valence-corrected chi connectivity index (χ2v) is 6.36. The molecule has 0 saturated carbocycles. The number of pyridine rings is 1. The number of aromatic nitrogens is 2. The molecule has 1 aromatic carbocycles. The summed E-state index contributed by atoms with van der Waals surface area (Å²) in [5, 5.41) is 9.36. The van der Waals surface area contributed by atoms with Crippen molar-refractivity contribution in [3.8, 4) is 0 Å². The zero-order valence-electron chi connectivity index (χ0n) is 12.9. The molecule has 0 radical (unpaired) electrons. The zero-order valence-corrected chi connectivity index (χ0v) is 13.7. The van der Waals surface area contributed by atoms with Gasteiger partial charge < -0.3 is 10.1 Å². The van der Waals surface area contributed by atoms with Crippen LogP contribution in [0.4, 0.5) is 5.13 Å². The van der Waals surface area contributed by atoms with Gasteiger partial charge in [0.2, 0.25) is 0 Å². The van der Waals surface area contributed by atoms with E-state index in [1.807, 2.05) is 35.7 Å². The van der Waals surface area contributed by atoms with E-state index >= 15 is 0 Å². The molecule has 1 saturated heterocycles. The van der Waals surface area contributed by atoms with Crippen LogP contribution in [0.25, 0.3) is 10.9 Å². The molecule has 1 atom stereocenters. The van der Waals surface area contributed by atoms with E-state index in [1.165, 1.54) is 11.3 Å². The predicted molar refractivity (Wildman–Crippen MR) is 93.4 cm³/mol. The molecule has 122 valence electrons. The molecule has 2 N–H and O–H groups in total. The van der Waals surface area contributed by atoms with Gasteiger partial charge in [0.05, 0.1) is 23.4 Å². The number of benzene rings is 1. The van der Waals surface area contributed by atoms with Gasteiger partial charge in [-0.1, -0.05) is 18.2 Å². The predicted octanol–water partition coefficient (Wildman–Crippen LogP) is 2.60. The number of anilines is 1. The number of carbonyl (C=O) groups is 1. The molecule has 24 heavy (non-hydrogen) atoms. The summed E-state index contributed by atoms with van der Waals surface area (Å²) in [7, 11) is 0. The second kappa shape index (κ2) is 6.64. The van der Waals surface area contributed by atoms with Crippen LogP contribution < -0.4 is 10.6 Å². The molecule has 0 unspecified atom stereocenters. The largest absolute Gasteiger partial charge is 0.369 e. The van der Waals surface area contributed by atoms with Crippen LogP contribution in [0.15, 0.2) is 41.9 Å². The summed E-state index contributed by atoms with van der Waals surface area (Å²) >= 11 is 1.39. The normalized spacial score (nSPS) is 17.8. The summed E-state index contributed by atoms with van der Waals surface area (Å²) in [6, 6.07) is 9.46. The molecule has 0 bridgehead atoms. The molecular weight excluding hydrogens is 324 g/mol. The van der Waals surface area contributed by atoms with Gasteiger partial charge in [0.1, 0.15) is 6.10 Å². The first-order valence-electron chi connectivity index (χ1n) is 7.74. The van der Waals surface area contributed by atoms with Crippen LogP contribution in [0.1, 0.15) is 22.2 Å². The lowest BCUT2D eigenvalue weighted by molar-refractivity contribution is 0.0252. The fourth-order valence-electron chi connectivity index (χ4n) is 2.75. The average Bonchev–Trinajstić information content (AvgIpc) is 3.14. The summed E-state index contributed by atoms with van der Waals surface area (Å²) < 4.78 is 5.79. The average molecular weight is 340 g/mol. The fourth-order valence-corrected chi connectivity index (χ4v) is 3.28. The van der Waals surface area contributed by atoms with Crippen molar-refractivity contribution in [2.75, 3.05) is 25.0 Å². The van der Waals surface area contributed by atoms with Crippen molar-refractivity contribution in [3.05, 3.63) is 53.2 Å². The standard InChI is InChI=1S/C17H16N4O2S/c22-16(21-17-19-6-8-24-17)12-9-14(15-10-18-5-7-23-15)20-13-4-2-1-3-11(12)13/h1-4,6,8-9,15,18H,5,7,10H2,(H,19,21,22)/t15-/m0/s1. The number of carbonyl (C=O) groups excluding carboxylic acids is 1. The molecule has 3 heterocycles. The van der Waals surface area contributed by atoms with E-state index in [-0.39, 0.29) is 12.0 Å². The first kappa shape index (κ1) is 15.2. The van der Waals surface area contributed by atoms with Crippen molar-refractivity contribution in [2.45, 2.75) is 6.10 Å². The number of rotatable bonds is 3. The maximum absolute atomic E-state index is 12.7. The van der Waals surface area contributed by atoms with Crippen LogP contribution >= 0.6 is 11.3 Å². The Balaban J connectivity index is 1.75. The van der Waals surface area contributed by atoms with Gasteiger partial charge in [-0.3, -0.25) is 10.1 Å². The molecule has 1 aliphatic rings. The Kier molecular flexibility index (Phi) is 4.20. The van der Waals surface area contributed by atoms with Crippen molar-refractivity contribution in [2.24, 2.45) is 0 Å². The van der Waals surface area contributed by atoms with Crippen LogP contribution in [0.5, 0.6) is 0 Å². The molecule has 1 amide bonds. The van der Waals surface area contributed by atoms with Crippen LogP contribution in [0.3, 0.4) is 0 Å². The third kappa shape index (κ3) is 3.01. The number of para-hydroxylation sites is 1. The minimum Gasteiger partial charge on any atom is -0.369 e. The summed E-state index contributed by atoms with van der Waals surface area (Å²) in [5.74, 6) is -0.187. The lowest BCUT2D eigenvalue weighted by Gasteiger charge is -2.24. The van der Waals surface area contributed by atoms with Crippen molar-refractivity contribution >= 4 is 33.3 Å². The quantitative estimate of drug-likeness (QED) is 0.766. The summed E-state index contributed by atoms with van der Waals surface area (Å²) in [5.41, 5.74) is 2.14. The lowest BCUT2D eigenvalue weighted by Crippen LogP contribution is -2.34. The van der Waals surface area contributed by atoms with E-state index < -0.39 is 0 Å². The van der Waals surface area contributed by atoms with Gasteiger partial charge in [0.15, 0.2) is 5.13 Å². The van der Waals surface area contributed by atoms with E-state index in [0.29, 0.717) is 23.8 Å². The minimum absolute atomic E-state index is 0.144. The highest BCUT2D eigenvalue weighted by Gasteiger charge is 2.21. The minimum atomic E-state index is -0.187. The highest BCUT2D eigenvalue weighted by atomic mass is 32.1. The van der Waals surface area contributed by atoms with Crippen molar-refractivity contribution in [1.82, 2.24) is 15.3 Å². The Hall–Kier alpha value is -2.35. The number of ether oxygens (including phenoxy) is 1. The number of fused-ring (bicyclic) bond motifs is 1. The Labute approximate surface area is 142 Å². The topological polar surface area (TPSA) is 76.1 Å². The van der Waals surface area contributed by atoms with Crippen LogP contribution in [-0.4, -0.2) is 35.6 Å². The number of hydrogen-bond donors (Lipinski definition) is 2. The van der Waals surface area contributed by atoms with Crippen LogP contribution in [0.2, 0.25) is 0 Å². The Morgan fingerprint density at radius 1 is 1.38 bits per heavy atom. The maximum atomic E-state index is 12.7. The third-order valence-corrected chi connectivity index (χ3v) is 4.58. The van der Waals surface area contributed by atoms with Crippen molar-refractivity contribution in [3.63, 3.8) is 0 Å². The molecule has 6 nitrogen and oxygen atoms in total. The fraction of sp³-hybridized carbons (Fsp3) is 0.235. The number of nitrogens with zero attached hydrogens (tertiary/aromatic N) is 2. The molecule has 0 aliphatic carbocycles. The second-order valence-electron chi connectivity index (χ2n) is 5.47. The molecule has 7 heteroatoms. The van der Waals surface area contributed by atoms with E-state index in [2.05, 4.69) is 20.6 Å². The Morgan fingerprint density at radius 3 is 3.08 bits per heavy atom. The first-order chi connectivity index (χ1) is 11.8. The lowest BCUT2D eigenvalue weighted by atomic mass is 10.0. The van der Waals surface area contributed by atoms with E-state index in [0.717, 1.165) is 23.1 Å². The summed E-state index contributed by atoms with van der Waals surface area (Å²) in [6.07, 6.45) is 1.52. The van der Waals surface area contributed by atoms with Gasteiger partial charge in [0.25, 0.3) is 5.91 Å². The number of amides is 1. The number of hydrogen-bond acceptors (Lipinski definition) is 6. The highest BCUT2D eigenvalue weighted by Crippen LogP contribution is 2.25. The molecule has 4 rings (SSSR count). The summed E-state index contributed by atoms with van der Waals surface area (Å²) in [6.45, 7) is 2.17.